The topological polar surface area (TPSA) is 83.3 Å². The van der Waals surface area contributed by atoms with Crippen LogP contribution in [0.4, 0.5) is 10.1 Å². The first kappa shape index (κ1) is 15.5. The van der Waals surface area contributed by atoms with Gasteiger partial charge in [-0.1, -0.05) is 0 Å². The first-order chi connectivity index (χ1) is 9.59. The van der Waals surface area contributed by atoms with Crippen molar-refractivity contribution in [1.82, 2.24) is 5.06 Å². The molecule has 1 saturated heterocycles. The molecule has 0 N–H and O–H groups in total. The van der Waals surface area contributed by atoms with Crippen molar-refractivity contribution in [1.29, 1.82) is 0 Å². The molecular weight excluding hydrogens is 279 g/mol. The average Bonchev–Trinajstić information content (AvgIpc) is 2.63. The molecule has 1 aliphatic rings. The number of hydrogen-bond donors (Lipinski definition) is 0. The second kappa shape index (κ2) is 4.85. The molecule has 1 heterocycles. The summed E-state index contributed by atoms with van der Waals surface area (Å²) in [7, 11) is 0. The highest BCUT2D eigenvalue weighted by Gasteiger charge is 2.53. The lowest BCUT2D eigenvalue weighted by Gasteiger charge is -2.33. The van der Waals surface area contributed by atoms with Crippen LogP contribution < -0.4 is 0 Å². The van der Waals surface area contributed by atoms with Crippen LogP contribution in [0.3, 0.4) is 0 Å². The van der Waals surface area contributed by atoms with Crippen LogP contribution >= 0.6 is 0 Å². The van der Waals surface area contributed by atoms with Crippen molar-refractivity contribution >= 4 is 11.5 Å². The highest BCUT2D eigenvalue weighted by atomic mass is 19.1. The molecule has 1 fully saturated rings. The first-order valence-corrected chi connectivity index (χ1v) is 6.56. The van der Waals surface area contributed by atoms with Crippen molar-refractivity contribution in [2.24, 2.45) is 0 Å². The Labute approximate surface area is 121 Å². The summed E-state index contributed by atoms with van der Waals surface area (Å²) in [5, 5.41) is 23.8. The molecule has 0 aromatic heterocycles. The van der Waals surface area contributed by atoms with E-state index in [4.69, 9.17) is 0 Å². The zero-order chi connectivity index (χ0) is 16.0. The van der Waals surface area contributed by atoms with Gasteiger partial charge in [0, 0.05) is 17.2 Å². The smallest absolute Gasteiger partial charge is 0.292 e. The van der Waals surface area contributed by atoms with Gasteiger partial charge in [-0.25, -0.2) is 0 Å². The van der Waals surface area contributed by atoms with Crippen LogP contribution in [0.2, 0.25) is 0 Å². The number of halogens is 1. The number of nitro benzene ring substituents is 1. The Kier molecular flexibility index (Phi) is 3.59. The van der Waals surface area contributed by atoms with E-state index in [1.54, 1.807) is 13.8 Å². The monoisotopic (exact) mass is 295 g/mol. The van der Waals surface area contributed by atoms with E-state index in [9.17, 15) is 24.5 Å². The van der Waals surface area contributed by atoms with E-state index >= 15 is 0 Å². The fraction of sp³-hybridized carbons (Fsp3) is 0.500. The lowest BCUT2D eigenvalue weighted by atomic mass is 9.89. The average molecular weight is 295 g/mol. The number of rotatable bonds is 3. The Morgan fingerprint density at radius 2 is 1.95 bits per heavy atom. The van der Waals surface area contributed by atoms with Crippen LogP contribution in [-0.2, 0) is 5.21 Å². The van der Waals surface area contributed by atoms with Gasteiger partial charge in [-0.2, -0.15) is 4.39 Å². The van der Waals surface area contributed by atoms with E-state index in [2.05, 4.69) is 0 Å². The second-order valence-electron chi connectivity index (χ2n) is 6.13. The fourth-order valence-corrected chi connectivity index (χ4v) is 2.73. The summed E-state index contributed by atoms with van der Waals surface area (Å²) >= 11 is 0. The van der Waals surface area contributed by atoms with Crippen molar-refractivity contribution in [3.63, 3.8) is 0 Å². The normalized spacial score (nSPS) is 25.0. The van der Waals surface area contributed by atoms with Gasteiger partial charge >= 0.3 is 5.69 Å². The number of carbonyl (C=O) groups is 1. The van der Waals surface area contributed by atoms with Gasteiger partial charge < -0.3 is 0 Å². The standard InChI is InChI=1S/C14H16FN2O4/c1-13(2)6-7-14(3,17(13)21)12(18)9-4-5-10(15)11(8-9)16(19)20/h4-5,8H,6-7H2,1-3H3. The van der Waals surface area contributed by atoms with Crippen molar-refractivity contribution in [3.05, 3.63) is 39.7 Å². The minimum atomic E-state index is -1.28. The number of carbonyl (C=O) groups excluding carboxylic acids is 1. The molecule has 0 aliphatic carbocycles. The third-order valence-corrected chi connectivity index (χ3v) is 4.12. The van der Waals surface area contributed by atoms with E-state index in [0.717, 1.165) is 17.2 Å². The predicted molar refractivity (Wildman–Crippen MR) is 71.6 cm³/mol. The molecular formula is C14H16FN2O4. The molecule has 1 aromatic carbocycles. The highest BCUT2D eigenvalue weighted by molar-refractivity contribution is 6.03. The van der Waals surface area contributed by atoms with E-state index < -0.39 is 33.3 Å². The minimum Gasteiger partial charge on any atom is -0.292 e. The Morgan fingerprint density at radius 3 is 2.43 bits per heavy atom. The number of ketones is 1. The molecule has 113 valence electrons. The van der Waals surface area contributed by atoms with E-state index in [-0.39, 0.29) is 5.56 Å². The molecule has 6 nitrogen and oxygen atoms in total. The Bertz CT molecular complexity index is 617. The number of nitro groups is 1. The summed E-state index contributed by atoms with van der Waals surface area (Å²) in [6.07, 6.45) is 0.898. The maximum atomic E-state index is 13.3. The van der Waals surface area contributed by atoms with Gasteiger partial charge in [0.15, 0.2) is 5.78 Å². The molecule has 21 heavy (non-hydrogen) atoms. The van der Waals surface area contributed by atoms with E-state index in [0.29, 0.717) is 12.8 Å². The third-order valence-electron chi connectivity index (χ3n) is 4.12. The Balaban J connectivity index is 2.42. The van der Waals surface area contributed by atoms with Gasteiger partial charge in [0.05, 0.1) is 4.92 Å². The lowest BCUT2D eigenvalue weighted by molar-refractivity contribution is -0.387. The summed E-state index contributed by atoms with van der Waals surface area (Å²) in [5.74, 6) is -1.53. The molecule has 0 saturated carbocycles. The molecule has 0 amide bonds. The number of benzene rings is 1. The zero-order valence-corrected chi connectivity index (χ0v) is 12.1. The van der Waals surface area contributed by atoms with Crippen molar-refractivity contribution < 1.29 is 19.3 Å². The molecule has 7 heteroatoms. The first-order valence-electron chi connectivity index (χ1n) is 6.56. The Hall–Kier alpha value is -1.86. The molecule has 0 bridgehead atoms. The van der Waals surface area contributed by atoms with Crippen LogP contribution in [0.1, 0.15) is 44.0 Å². The maximum absolute atomic E-state index is 13.3. The largest absolute Gasteiger partial charge is 0.305 e. The SMILES string of the molecule is CC1(C)CCC(C)(C(=O)c2ccc(F)c([N+](=O)[O-])c2)N1[O]. The summed E-state index contributed by atoms with van der Waals surface area (Å²) < 4.78 is 13.3. The fourth-order valence-electron chi connectivity index (χ4n) is 2.73. The maximum Gasteiger partial charge on any atom is 0.305 e. The Morgan fingerprint density at radius 1 is 1.33 bits per heavy atom. The second-order valence-corrected chi connectivity index (χ2v) is 6.13. The lowest BCUT2D eigenvalue weighted by Crippen LogP contribution is -2.51. The number of hydroxylamine groups is 2. The summed E-state index contributed by atoms with van der Waals surface area (Å²) in [6.45, 7) is 5.00. The summed E-state index contributed by atoms with van der Waals surface area (Å²) in [5.41, 5.74) is -2.74. The zero-order valence-electron chi connectivity index (χ0n) is 12.1. The van der Waals surface area contributed by atoms with Gasteiger partial charge in [-0.05, 0) is 45.7 Å². The van der Waals surface area contributed by atoms with Gasteiger partial charge in [-0.3, -0.25) is 14.9 Å². The van der Waals surface area contributed by atoms with Crippen LogP contribution in [-0.4, -0.2) is 26.8 Å². The molecule has 0 spiro atoms. The highest BCUT2D eigenvalue weighted by Crippen LogP contribution is 2.41. The van der Waals surface area contributed by atoms with Crippen LogP contribution in [0.15, 0.2) is 18.2 Å². The van der Waals surface area contributed by atoms with Crippen LogP contribution in [0, 0.1) is 15.9 Å². The molecule has 1 aromatic rings. The summed E-state index contributed by atoms with van der Waals surface area (Å²) in [6, 6.07) is 2.95. The van der Waals surface area contributed by atoms with Crippen molar-refractivity contribution in [2.45, 2.75) is 44.7 Å². The van der Waals surface area contributed by atoms with Gasteiger partial charge in [-0.15, -0.1) is 10.3 Å². The predicted octanol–water partition coefficient (Wildman–Crippen LogP) is 2.90. The quantitative estimate of drug-likeness (QED) is 0.487. The van der Waals surface area contributed by atoms with Gasteiger partial charge in [0.1, 0.15) is 5.54 Å². The van der Waals surface area contributed by atoms with Crippen LogP contribution in [0.25, 0.3) is 0 Å². The van der Waals surface area contributed by atoms with Gasteiger partial charge in [0.25, 0.3) is 0 Å². The molecule has 1 atom stereocenters. The van der Waals surface area contributed by atoms with Crippen LogP contribution in [0.5, 0.6) is 0 Å². The molecule has 1 radical (unpaired) electrons. The number of hydrogen-bond acceptors (Lipinski definition) is 4. The molecule has 1 unspecified atom stereocenters. The third kappa shape index (κ3) is 2.43. The van der Waals surface area contributed by atoms with Crippen molar-refractivity contribution in [2.75, 3.05) is 0 Å². The molecule has 1 aliphatic heterocycles. The molecule has 2 rings (SSSR count). The number of nitrogens with zero attached hydrogens (tertiary/aromatic N) is 2. The van der Waals surface area contributed by atoms with E-state index in [1.165, 1.54) is 13.0 Å². The minimum absolute atomic E-state index is 0.0239. The van der Waals surface area contributed by atoms with Crippen molar-refractivity contribution in [3.8, 4) is 0 Å². The summed E-state index contributed by atoms with van der Waals surface area (Å²) in [4.78, 5) is 22.4. The van der Waals surface area contributed by atoms with Gasteiger partial charge in [0.2, 0.25) is 5.82 Å². The number of Topliss-reactive ketones (excluding diaryl/α,β-unsaturated/α-hetero) is 1. The van der Waals surface area contributed by atoms with E-state index in [1.807, 2.05) is 0 Å².